The summed E-state index contributed by atoms with van der Waals surface area (Å²) in [6.07, 6.45) is -1.22. The highest BCUT2D eigenvalue weighted by molar-refractivity contribution is 7.86. The number of nitrogens with zero attached hydrogens (tertiary/aromatic N) is 6. The normalized spacial score (nSPS) is 13.0. The lowest BCUT2D eigenvalue weighted by Gasteiger charge is -2.16. The number of rotatable bonds is 16. The summed E-state index contributed by atoms with van der Waals surface area (Å²) in [7, 11) is -18.4. The maximum absolute atomic E-state index is 14.3. The minimum atomic E-state index is -4.65. The lowest BCUT2D eigenvalue weighted by atomic mass is 9.94. The molecule has 0 aliphatic carbocycles. The summed E-state index contributed by atoms with van der Waals surface area (Å²) in [4.78, 5) is 26.3. The fourth-order valence-corrected chi connectivity index (χ4v) is 8.56. The van der Waals surface area contributed by atoms with E-state index in [1.54, 1.807) is 0 Å². The maximum Gasteiger partial charge on any atom is 0.294 e. The lowest BCUT2D eigenvalue weighted by Crippen LogP contribution is -2.50. The fraction of sp³-hybridized carbons (Fsp3) is 0.0455. The van der Waals surface area contributed by atoms with E-state index in [-0.39, 0.29) is 50.7 Å². The minimum Gasteiger partial charge on any atom is -0.508 e. The average molecular weight is 1090 g/mol. The van der Waals surface area contributed by atoms with Crippen molar-refractivity contribution in [3.63, 3.8) is 0 Å². The topological polar surface area (TPSA) is 431 Å². The molecule has 7 aromatic carbocycles. The maximum atomic E-state index is 14.3. The Morgan fingerprint density at radius 1 is 0.405 bits per heavy atom. The minimum absolute atomic E-state index is 0.0155. The molecule has 0 radical (unpaired) electrons. The van der Waals surface area contributed by atoms with Crippen LogP contribution in [-0.4, -0.2) is 72.3 Å². The smallest absolute Gasteiger partial charge is 0.294 e. The van der Waals surface area contributed by atoms with Gasteiger partial charge in [-0.2, -0.15) is 54.1 Å². The van der Waals surface area contributed by atoms with Crippen LogP contribution in [0.2, 0.25) is 0 Å². The van der Waals surface area contributed by atoms with E-state index >= 15 is 0 Å². The van der Waals surface area contributed by atoms with Gasteiger partial charge >= 0.3 is 0 Å². The summed E-state index contributed by atoms with van der Waals surface area (Å²) in [5.41, 5.74) is 1.21. The number of hydrogen-bond donors (Lipinski definition) is 10. The Labute approximate surface area is 416 Å². The number of azo groups is 2. The van der Waals surface area contributed by atoms with E-state index in [1.165, 1.54) is 24.3 Å². The third-order valence-electron chi connectivity index (χ3n) is 10.4. The highest BCUT2D eigenvalue weighted by atomic mass is 32.2. The molecule has 74 heavy (non-hydrogen) atoms. The van der Waals surface area contributed by atoms with Crippen LogP contribution in [0.1, 0.15) is 22.3 Å². The second kappa shape index (κ2) is 20.8. The van der Waals surface area contributed by atoms with Crippen LogP contribution in [0.15, 0.2) is 181 Å². The van der Waals surface area contributed by atoms with E-state index in [1.807, 2.05) is 0 Å². The zero-order valence-corrected chi connectivity index (χ0v) is 40.2. The van der Waals surface area contributed by atoms with Gasteiger partial charge in [0.05, 0.1) is 42.3 Å². The predicted octanol–water partition coefficient (Wildman–Crippen LogP) is 4.96. The van der Waals surface area contributed by atoms with Gasteiger partial charge in [0.1, 0.15) is 39.7 Å². The van der Waals surface area contributed by atoms with Gasteiger partial charge in [-0.1, -0.05) is 0 Å². The van der Waals surface area contributed by atoms with Gasteiger partial charge in [0.15, 0.2) is 5.36 Å². The molecule has 0 heterocycles. The van der Waals surface area contributed by atoms with E-state index < -0.39 is 123 Å². The second-order valence-electron chi connectivity index (χ2n) is 15.4. The van der Waals surface area contributed by atoms with E-state index in [4.69, 9.17) is 0 Å². The van der Waals surface area contributed by atoms with Gasteiger partial charge in [-0.05, 0) is 109 Å². The molecule has 0 fully saturated rings. The van der Waals surface area contributed by atoms with Crippen molar-refractivity contribution in [1.82, 2.24) is 0 Å². The Morgan fingerprint density at radius 3 is 1.24 bits per heavy atom. The first-order chi connectivity index (χ1) is 34.6. The molecule has 0 aliphatic rings. The molecule has 0 aromatic heterocycles. The summed E-state index contributed by atoms with van der Waals surface area (Å²) in [6.45, 7) is 0. The molecule has 0 aliphatic heterocycles. The summed E-state index contributed by atoms with van der Waals surface area (Å²) < 4.78 is 130. The van der Waals surface area contributed by atoms with Gasteiger partial charge in [-0.15, -0.1) is 10.2 Å². The van der Waals surface area contributed by atoms with E-state index in [0.29, 0.717) is 0 Å². The van der Waals surface area contributed by atoms with Crippen LogP contribution < -0.4 is 32.4 Å². The molecule has 0 bridgehead atoms. The first kappa shape index (κ1) is 53.2. The Kier molecular flexibility index (Phi) is 15.0. The van der Waals surface area contributed by atoms with Gasteiger partial charge in [0.25, 0.3) is 40.5 Å². The summed E-state index contributed by atoms with van der Waals surface area (Å²) >= 11 is 0. The molecule has 382 valence electrons. The largest absolute Gasteiger partial charge is 0.508 e. The van der Waals surface area contributed by atoms with Gasteiger partial charge in [0, 0.05) is 47.2 Å². The number of phenols is 4. The van der Waals surface area contributed by atoms with Gasteiger partial charge in [-0.3, -0.25) is 38.7 Å². The number of phenolic OH excluding ortho intramolecular Hbond substituents is 4. The monoisotopic (exact) mass is 1090 g/mol. The third-order valence-corrected chi connectivity index (χ3v) is 13.8. The van der Waals surface area contributed by atoms with Crippen LogP contribution in [0, 0.1) is 0 Å². The highest BCUT2D eigenvalue weighted by Crippen LogP contribution is 2.44. The number of anilines is 2. The average Bonchev–Trinajstić information content (AvgIpc) is 3.32. The molecule has 0 spiro atoms. The van der Waals surface area contributed by atoms with E-state index in [2.05, 4.69) is 41.5 Å². The SMILES string of the molecule is O=c1c(Cc2c(O)cc(O)c(Cc3cc(N=Nc4ccc(S(=O)(=O)O)cc4)c(O)cc3O)c2N=Nc2ccc(S(=O)(=O)O)cc2)c/c(=N/Nc2ccc(S(=O)(=O)O)cc2)c(=O)/c1=N\Nc1ccc(S(=O)(=O)O)cc1. The number of aromatic hydroxyl groups is 4. The van der Waals surface area contributed by atoms with E-state index in [0.717, 1.165) is 97.1 Å². The van der Waals surface area contributed by atoms with Crippen LogP contribution >= 0.6 is 0 Å². The molecule has 0 saturated heterocycles. The molecule has 7 aromatic rings. The molecule has 30 heteroatoms. The lowest BCUT2D eigenvalue weighted by molar-refractivity contribution is 0.441. The van der Waals surface area contributed by atoms with Gasteiger partial charge in [0.2, 0.25) is 10.9 Å². The molecule has 0 saturated carbocycles. The molecule has 0 amide bonds. The first-order valence-electron chi connectivity index (χ1n) is 20.4. The van der Waals surface area contributed by atoms with Crippen molar-refractivity contribution in [3.05, 3.63) is 175 Å². The molecule has 26 nitrogen and oxygen atoms in total. The third kappa shape index (κ3) is 12.7. The van der Waals surface area contributed by atoms with Crippen LogP contribution in [0.4, 0.5) is 34.1 Å². The Morgan fingerprint density at radius 2 is 0.797 bits per heavy atom. The van der Waals surface area contributed by atoms with Gasteiger partial charge < -0.3 is 20.4 Å². The molecule has 0 unspecified atom stereocenters. The van der Waals surface area contributed by atoms with Crippen LogP contribution in [0.5, 0.6) is 23.0 Å². The highest BCUT2D eigenvalue weighted by Gasteiger charge is 2.23. The van der Waals surface area contributed by atoms with Gasteiger partial charge in [-0.25, -0.2) is 0 Å². The van der Waals surface area contributed by atoms with Crippen molar-refractivity contribution in [3.8, 4) is 23.0 Å². The fourth-order valence-electron chi connectivity index (χ4n) is 6.63. The van der Waals surface area contributed by atoms with Crippen LogP contribution in [0.25, 0.3) is 0 Å². The van der Waals surface area contributed by atoms with Crippen molar-refractivity contribution in [2.24, 2.45) is 30.7 Å². The standard InChI is InChI=1S/C44H34N8O18S4/c53-37-21-40(56)35(49-45-25-1-9-29(10-2-25)71(59,60)61)19-23(37)17-33-38(54)22-39(55)34(41(33)51-47-27-5-13-31(14-6-27)73(65,66)67)18-24-20-36(50-46-26-3-11-30(12-4-26)72(62,63)64)44(58)42(43(24)57)52-48-28-7-15-32(16-8-28)74(68,69)70/h1-16,19-22,46,48,53-56H,17-18H2,(H,59,60,61)(H,62,63,64)(H,65,66,67)(H,68,69,70)/b49-45?,50-36-,51-47?,52-42-. The quantitative estimate of drug-likeness (QED) is 0.0347. The number of benzene rings is 7. The molecular formula is C44H34N8O18S4. The van der Waals surface area contributed by atoms with Crippen LogP contribution in [-0.2, 0) is 53.3 Å². The Bertz CT molecular complexity index is 4140. The summed E-state index contributed by atoms with van der Waals surface area (Å²) in [5, 5.41) is 67.6. The molecule has 0 atom stereocenters. The molecule has 10 N–H and O–H groups in total. The zero-order chi connectivity index (χ0) is 53.9. The molecular weight excluding hydrogens is 1060 g/mol. The van der Waals surface area contributed by atoms with Crippen molar-refractivity contribution in [1.29, 1.82) is 0 Å². The van der Waals surface area contributed by atoms with Crippen LogP contribution in [0.3, 0.4) is 0 Å². The van der Waals surface area contributed by atoms with Crippen molar-refractivity contribution in [2.75, 3.05) is 10.9 Å². The first-order valence-corrected chi connectivity index (χ1v) is 26.1. The Hall–Kier alpha value is -8.62. The van der Waals surface area contributed by atoms with E-state index in [9.17, 15) is 81.9 Å². The second-order valence-corrected chi connectivity index (χ2v) is 21.1. The predicted molar refractivity (Wildman–Crippen MR) is 258 cm³/mol. The molecule has 7 rings (SSSR count). The number of nitrogens with one attached hydrogen (secondary N) is 2. The zero-order valence-electron chi connectivity index (χ0n) is 36.9. The Balaban J connectivity index is 1.38. The summed E-state index contributed by atoms with van der Waals surface area (Å²) in [5.74, 6) is -2.60. The van der Waals surface area contributed by atoms with Crippen molar-refractivity contribution >= 4 is 74.6 Å². The summed E-state index contributed by atoms with van der Waals surface area (Å²) in [6, 6.07) is 21.2. The number of hydrogen-bond acceptors (Lipinski definition) is 22. The van der Waals surface area contributed by atoms with Crippen molar-refractivity contribution < 1.29 is 72.3 Å². The van der Waals surface area contributed by atoms with Crippen molar-refractivity contribution in [2.45, 2.75) is 32.4 Å².